The number of nitrogens with zero attached hydrogens (tertiary/aromatic N) is 1. The average molecular weight is 540 g/mol. The van der Waals surface area contributed by atoms with Crippen molar-refractivity contribution in [3.05, 3.63) is 87.4 Å². The zero-order chi connectivity index (χ0) is 26.3. The fourth-order valence-electron chi connectivity index (χ4n) is 2.82. The summed E-state index contributed by atoms with van der Waals surface area (Å²) in [6, 6.07) is 14.4. The van der Waals surface area contributed by atoms with Gasteiger partial charge in [0.25, 0.3) is 0 Å². The molecule has 0 heterocycles. The van der Waals surface area contributed by atoms with Gasteiger partial charge in [0.1, 0.15) is 6.61 Å². The number of carbonyl (C=O) groups excluding carboxylic acids is 2. The molecule has 36 heavy (non-hydrogen) atoms. The fraction of sp³-hybridized carbons (Fsp3) is 0.125. The molecule has 0 aliphatic rings. The molecular formula is C24H18Cl2F3N3O4. The number of nitrogens with one attached hydrogen (secondary N) is 2. The number of ether oxygens (including phenoxy) is 2. The highest BCUT2D eigenvalue weighted by molar-refractivity contribution is 6.41. The molecule has 7 nitrogen and oxygen atoms in total. The summed E-state index contributed by atoms with van der Waals surface area (Å²) in [5.41, 5.74) is 2.00. The zero-order valence-corrected chi connectivity index (χ0v) is 20.0. The van der Waals surface area contributed by atoms with E-state index in [0.29, 0.717) is 28.2 Å². The van der Waals surface area contributed by atoms with Crippen LogP contribution in [-0.4, -0.2) is 25.1 Å². The third kappa shape index (κ3) is 7.37. The van der Waals surface area contributed by atoms with Crippen molar-refractivity contribution < 1.29 is 32.2 Å². The van der Waals surface area contributed by atoms with Gasteiger partial charge in [-0.2, -0.15) is 18.3 Å². The van der Waals surface area contributed by atoms with Gasteiger partial charge in [0.2, 0.25) is 0 Å². The number of hydrogen-bond acceptors (Lipinski definition) is 5. The Labute approximate surface area is 213 Å². The second-order valence-corrected chi connectivity index (χ2v) is 8.01. The molecule has 0 unspecified atom stereocenters. The molecule has 0 saturated heterocycles. The summed E-state index contributed by atoms with van der Waals surface area (Å²) in [7, 11) is 1.45. The largest absolute Gasteiger partial charge is 0.493 e. The van der Waals surface area contributed by atoms with Crippen LogP contribution in [0.4, 0.5) is 18.9 Å². The van der Waals surface area contributed by atoms with Gasteiger partial charge >= 0.3 is 18.0 Å². The van der Waals surface area contributed by atoms with Gasteiger partial charge in [-0.05, 0) is 59.7 Å². The Morgan fingerprint density at radius 2 is 1.69 bits per heavy atom. The SMILES string of the molecule is COc1cc(C=NNC(=O)C(=O)Nc2cc(C(F)(F)F)ccc2Cl)ccc1OCc1ccc(Cl)cc1. The minimum Gasteiger partial charge on any atom is -0.493 e. The summed E-state index contributed by atoms with van der Waals surface area (Å²) in [4.78, 5) is 24.0. The molecule has 3 rings (SSSR count). The van der Waals surface area contributed by atoms with Crippen molar-refractivity contribution in [1.29, 1.82) is 0 Å². The molecule has 0 aliphatic carbocycles. The molecule has 0 atom stereocenters. The number of amides is 2. The van der Waals surface area contributed by atoms with Crippen LogP contribution in [0.25, 0.3) is 0 Å². The molecular weight excluding hydrogens is 522 g/mol. The number of carbonyl (C=O) groups is 2. The van der Waals surface area contributed by atoms with E-state index >= 15 is 0 Å². The second-order valence-electron chi connectivity index (χ2n) is 7.17. The van der Waals surface area contributed by atoms with Crippen molar-refractivity contribution in [3.63, 3.8) is 0 Å². The molecule has 2 amide bonds. The van der Waals surface area contributed by atoms with Crippen LogP contribution in [0.1, 0.15) is 16.7 Å². The molecule has 0 fully saturated rings. The summed E-state index contributed by atoms with van der Waals surface area (Å²) in [5, 5.41) is 6.16. The minimum atomic E-state index is -4.64. The van der Waals surface area contributed by atoms with E-state index in [0.717, 1.165) is 17.7 Å². The van der Waals surface area contributed by atoms with E-state index in [1.54, 1.807) is 30.3 Å². The summed E-state index contributed by atoms with van der Waals surface area (Å²) in [6.45, 7) is 0.280. The zero-order valence-electron chi connectivity index (χ0n) is 18.5. The van der Waals surface area contributed by atoms with Gasteiger partial charge in [0, 0.05) is 5.02 Å². The topological polar surface area (TPSA) is 89.0 Å². The number of hydrazone groups is 1. The first-order chi connectivity index (χ1) is 17.1. The number of hydrogen-bond donors (Lipinski definition) is 2. The van der Waals surface area contributed by atoms with Crippen LogP contribution in [0.5, 0.6) is 11.5 Å². The first-order valence-electron chi connectivity index (χ1n) is 10.1. The maximum Gasteiger partial charge on any atom is 0.416 e. The molecule has 0 aromatic heterocycles. The Morgan fingerprint density at radius 3 is 2.36 bits per heavy atom. The normalized spacial score (nSPS) is 11.3. The smallest absolute Gasteiger partial charge is 0.416 e. The lowest BCUT2D eigenvalue weighted by Gasteiger charge is -2.11. The molecule has 0 bridgehead atoms. The molecule has 3 aromatic rings. The van der Waals surface area contributed by atoms with Crippen molar-refractivity contribution in [2.24, 2.45) is 5.10 Å². The Kier molecular flexibility index (Phi) is 8.78. The van der Waals surface area contributed by atoms with Gasteiger partial charge < -0.3 is 14.8 Å². The molecule has 0 spiro atoms. The Morgan fingerprint density at radius 1 is 0.972 bits per heavy atom. The van der Waals surface area contributed by atoms with Gasteiger partial charge in [0.05, 0.1) is 29.6 Å². The van der Waals surface area contributed by atoms with Crippen molar-refractivity contribution in [2.45, 2.75) is 12.8 Å². The summed E-state index contributed by atoms with van der Waals surface area (Å²) < 4.78 is 49.7. The number of anilines is 1. The molecule has 12 heteroatoms. The van der Waals surface area contributed by atoms with Gasteiger partial charge in [-0.15, -0.1) is 0 Å². The maximum atomic E-state index is 12.9. The van der Waals surface area contributed by atoms with Crippen LogP contribution in [0.15, 0.2) is 65.8 Å². The lowest BCUT2D eigenvalue weighted by Crippen LogP contribution is -2.32. The maximum absolute atomic E-state index is 12.9. The van der Waals surface area contributed by atoms with E-state index in [2.05, 4.69) is 5.10 Å². The van der Waals surface area contributed by atoms with E-state index in [4.69, 9.17) is 32.7 Å². The van der Waals surface area contributed by atoms with Gasteiger partial charge in [-0.25, -0.2) is 5.43 Å². The first kappa shape index (κ1) is 26.8. The van der Waals surface area contributed by atoms with Crippen molar-refractivity contribution in [3.8, 4) is 11.5 Å². The third-order valence-corrected chi connectivity index (χ3v) is 5.20. The Hall–Kier alpha value is -3.76. The van der Waals surface area contributed by atoms with E-state index in [9.17, 15) is 22.8 Å². The van der Waals surface area contributed by atoms with Crippen molar-refractivity contribution in [1.82, 2.24) is 5.43 Å². The summed E-state index contributed by atoms with van der Waals surface area (Å²) in [6.07, 6.45) is -3.40. The van der Waals surface area contributed by atoms with Crippen LogP contribution in [-0.2, 0) is 22.4 Å². The van der Waals surface area contributed by atoms with Crippen LogP contribution in [0, 0.1) is 0 Å². The number of methoxy groups -OCH3 is 1. The third-order valence-electron chi connectivity index (χ3n) is 4.62. The van der Waals surface area contributed by atoms with Crippen LogP contribution >= 0.6 is 23.2 Å². The second kappa shape index (κ2) is 11.8. The molecule has 3 aromatic carbocycles. The quantitative estimate of drug-likeness (QED) is 0.229. The highest BCUT2D eigenvalue weighted by Gasteiger charge is 2.31. The van der Waals surface area contributed by atoms with E-state index in [1.165, 1.54) is 13.3 Å². The molecule has 0 aliphatic heterocycles. The highest BCUT2D eigenvalue weighted by atomic mass is 35.5. The average Bonchev–Trinajstić information content (AvgIpc) is 2.84. The molecule has 2 N–H and O–H groups in total. The first-order valence-corrected chi connectivity index (χ1v) is 10.9. The predicted octanol–water partition coefficient (Wildman–Crippen LogP) is 5.69. The van der Waals surface area contributed by atoms with Crippen LogP contribution < -0.4 is 20.2 Å². The van der Waals surface area contributed by atoms with Gasteiger partial charge in [0.15, 0.2) is 11.5 Å². The van der Waals surface area contributed by atoms with E-state index in [1.807, 2.05) is 22.9 Å². The molecule has 0 saturated carbocycles. The van der Waals surface area contributed by atoms with Crippen LogP contribution in [0.3, 0.4) is 0 Å². The Bertz CT molecular complexity index is 1280. The Balaban J connectivity index is 1.59. The summed E-state index contributed by atoms with van der Waals surface area (Å²) >= 11 is 11.7. The lowest BCUT2D eigenvalue weighted by molar-refractivity contribution is -0.137. The number of halogens is 5. The monoisotopic (exact) mass is 539 g/mol. The van der Waals surface area contributed by atoms with Gasteiger partial charge in [-0.1, -0.05) is 35.3 Å². The lowest BCUT2D eigenvalue weighted by atomic mass is 10.2. The van der Waals surface area contributed by atoms with Gasteiger partial charge in [-0.3, -0.25) is 9.59 Å². The standard InChI is InChI=1S/C24H18Cl2F3N3O4/c1-35-21-10-15(4-9-20(21)36-13-14-2-6-17(25)7-3-14)12-30-32-23(34)22(33)31-19-11-16(24(27,28)29)5-8-18(19)26/h2-12H,13H2,1H3,(H,31,33)(H,32,34). The van der Waals surface area contributed by atoms with Crippen molar-refractivity contribution in [2.75, 3.05) is 12.4 Å². The van der Waals surface area contributed by atoms with Crippen molar-refractivity contribution >= 4 is 46.9 Å². The van der Waals surface area contributed by atoms with E-state index < -0.39 is 23.6 Å². The number of rotatable bonds is 7. The predicted molar refractivity (Wildman–Crippen MR) is 130 cm³/mol. The van der Waals surface area contributed by atoms with E-state index in [-0.39, 0.29) is 17.3 Å². The summed E-state index contributed by atoms with van der Waals surface area (Å²) in [5.74, 6) is -1.60. The molecule has 188 valence electrons. The fourth-order valence-corrected chi connectivity index (χ4v) is 3.11. The highest BCUT2D eigenvalue weighted by Crippen LogP contribution is 2.34. The number of alkyl halides is 3. The number of benzene rings is 3. The molecule has 0 radical (unpaired) electrons. The minimum absolute atomic E-state index is 0.168. The van der Waals surface area contributed by atoms with Crippen LogP contribution in [0.2, 0.25) is 10.0 Å².